The lowest BCUT2D eigenvalue weighted by atomic mass is 9.80. The maximum absolute atomic E-state index is 6.25. The lowest BCUT2D eigenvalue weighted by Gasteiger charge is -2.26. The highest BCUT2D eigenvalue weighted by molar-refractivity contribution is 5.60. The summed E-state index contributed by atoms with van der Waals surface area (Å²) in [5.74, 6) is 1.81. The number of pyridine rings is 2. The summed E-state index contributed by atoms with van der Waals surface area (Å²) >= 11 is 0. The van der Waals surface area contributed by atoms with Crippen molar-refractivity contribution in [2.75, 3.05) is 6.61 Å². The van der Waals surface area contributed by atoms with E-state index in [4.69, 9.17) is 4.74 Å². The van der Waals surface area contributed by atoms with Crippen LogP contribution in [0, 0.1) is 5.92 Å². The van der Waals surface area contributed by atoms with Gasteiger partial charge < -0.3 is 4.74 Å². The molecule has 0 amide bonds. The first-order valence-corrected chi connectivity index (χ1v) is 16.8. The van der Waals surface area contributed by atoms with Gasteiger partial charge in [-0.25, -0.2) is 9.13 Å². The van der Waals surface area contributed by atoms with Crippen molar-refractivity contribution in [1.82, 2.24) is 0 Å². The van der Waals surface area contributed by atoms with Gasteiger partial charge in [-0.15, -0.1) is 0 Å². The van der Waals surface area contributed by atoms with Crippen LogP contribution in [0.2, 0.25) is 0 Å². The summed E-state index contributed by atoms with van der Waals surface area (Å²) in [5.41, 5.74) is 5.49. The van der Waals surface area contributed by atoms with Crippen molar-refractivity contribution in [1.29, 1.82) is 0 Å². The maximum atomic E-state index is 6.25. The van der Waals surface area contributed by atoms with Gasteiger partial charge in [0.1, 0.15) is 12.3 Å². The SMILES string of the molecule is CCCCC(CCCC)C[n+]1ccc(-c2cc[n+](CCCCCOc3cc(C(C)(C)C)cc(C(C)(C)C)c3)cc2)cc1. The van der Waals surface area contributed by atoms with Gasteiger partial charge in [-0.05, 0) is 70.9 Å². The number of hydrogen-bond acceptors (Lipinski definition) is 1. The fourth-order valence-electron chi connectivity index (χ4n) is 5.49. The first-order chi connectivity index (χ1) is 20.0. The molecule has 0 atom stereocenters. The van der Waals surface area contributed by atoms with E-state index in [1.54, 1.807) is 0 Å². The molecule has 0 N–H and O–H groups in total. The first-order valence-electron chi connectivity index (χ1n) is 16.8. The number of hydrogen-bond donors (Lipinski definition) is 0. The largest absolute Gasteiger partial charge is 0.494 e. The summed E-state index contributed by atoms with van der Waals surface area (Å²) in [6.45, 7) is 21.2. The van der Waals surface area contributed by atoms with Crippen molar-refractivity contribution >= 4 is 0 Å². The van der Waals surface area contributed by atoms with Crippen LogP contribution in [0.25, 0.3) is 11.1 Å². The molecule has 0 saturated heterocycles. The number of aryl methyl sites for hydroxylation is 1. The molecule has 3 rings (SSSR count). The van der Waals surface area contributed by atoms with Crippen LogP contribution in [0.1, 0.15) is 124 Å². The Morgan fingerprint density at radius 3 is 1.60 bits per heavy atom. The second-order valence-electron chi connectivity index (χ2n) is 14.4. The molecule has 0 unspecified atom stereocenters. The van der Waals surface area contributed by atoms with Crippen LogP contribution in [0.5, 0.6) is 5.75 Å². The van der Waals surface area contributed by atoms with Gasteiger partial charge in [-0.1, -0.05) is 87.1 Å². The summed E-state index contributed by atoms with van der Waals surface area (Å²) in [6, 6.07) is 15.9. The molecule has 3 heteroatoms. The van der Waals surface area contributed by atoms with Gasteiger partial charge in [0.05, 0.1) is 6.61 Å². The summed E-state index contributed by atoms with van der Waals surface area (Å²) < 4.78 is 10.9. The molecule has 0 spiro atoms. The topological polar surface area (TPSA) is 17.0 Å². The van der Waals surface area contributed by atoms with E-state index in [9.17, 15) is 0 Å². The van der Waals surface area contributed by atoms with E-state index in [0.29, 0.717) is 0 Å². The molecule has 3 aromatic rings. The fourth-order valence-corrected chi connectivity index (χ4v) is 5.49. The molecule has 3 nitrogen and oxygen atoms in total. The van der Waals surface area contributed by atoms with Crippen molar-refractivity contribution < 1.29 is 13.9 Å². The zero-order valence-corrected chi connectivity index (χ0v) is 28.2. The van der Waals surface area contributed by atoms with Crippen molar-refractivity contribution in [3.8, 4) is 16.9 Å². The molecule has 0 aliphatic carbocycles. The fraction of sp³-hybridized carbons (Fsp3) is 0.590. The van der Waals surface area contributed by atoms with Crippen LogP contribution in [-0.4, -0.2) is 6.61 Å². The van der Waals surface area contributed by atoms with Crippen LogP contribution in [0.15, 0.2) is 67.3 Å². The third kappa shape index (κ3) is 11.2. The normalized spacial score (nSPS) is 12.2. The van der Waals surface area contributed by atoms with E-state index in [2.05, 4.69) is 132 Å². The Morgan fingerprint density at radius 2 is 1.12 bits per heavy atom. The number of benzene rings is 1. The van der Waals surface area contributed by atoms with E-state index < -0.39 is 0 Å². The standard InChI is InChI=1S/C39H60N2O/c1-9-11-16-32(17-12-10-2)31-41-25-20-34(21-26-41)33-18-23-40(24-19-33)22-14-13-15-27-42-37-29-35(38(3,4)5)28-36(30-37)39(6,7)8/h18-21,23-26,28-30,32H,9-17,22,27,31H2,1-8H3/q+2. The third-order valence-corrected chi connectivity index (χ3v) is 8.48. The van der Waals surface area contributed by atoms with Crippen molar-refractivity contribution in [3.05, 3.63) is 78.4 Å². The van der Waals surface area contributed by atoms with Crippen LogP contribution >= 0.6 is 0 Å². The number of nitrogens with zero attached hydrogens (tertiary/aromatic N) is 2. The molecule has 0 radical (unpaired) electrons. The number of ether oxygens (including phenoxy) is 1. The molecule has 0 bridgehead atoms. The third-order valence-electron chi connectivity index (χ3n) is 8.48. The highest BCUT2D eigenvalue weighted by Gasteiger charge is 2.21. The average Bonchev–Trinajstić information content (AvgIpc) is 2.96. The summed E-state index contributed by atoms with van der Waals surface area (Å²) in [7, 11) is 0. The Morgan fingerprint density at radius 1 is 0.619 bits per heavy atom. The highest BCUT2D eigenvalue weighted by Crippen LogP contribution is 2.33. The molecule has 2 heterocycles. The van der Waals surface area contributed by atoms with Crippen LogP contribution in [0.4, 0.5) is 0 Å². The van der Waals surface area contributed by atoms with Gasteiger partial charge in [-0.2, -0.15) is 0 Å². The Kier molecular flexibility index (Phi) is 13.1. The number of aromatic nitrogens is 2. The minimum Gasteiger partial charge on any atom is -0.494 e. The molecule has 0 saturated carbocycles. The quantitative estimate of drug-likeness (QED) is 0.123. The smallest absolute Gasteiger partial charge is 0.169 e. The molecule has 2 aromatic heterocycles. The Hall–Kier alpha value is -2.68. The average molecular weight is 573 g/mol. The molecule has 0 aliphatic rings. The van der Waals surface area contributed by atoms with E-state index in [-0.39, 0.29) is 10.8 Å². The summed E-state index contributed by atoms with van der Waals surface area (Å²) in [5, 5.41) is 0. The van der Waals surface area contributed by atoms with Gasteiger partial charge in [0.2, 0.25) is 0 Å². The second-order valence-corrected chi connectivity index (χ2v) is 14.4. The van der Waals surface area contributed by atoms with Gasteiger partial charge in [-0.3, -0.25) is 0 Å². The lowest BCUT2D eigenvalue weighted by molar-refractivity contribution is -0.703. The zero-order valence-electron chi connectivity index (χ0n) is 28.2. The molecule has 1 aromatic carbocycles. The van der Waals surface area contributed by atoms with E-state index >= 15 is 0 Å². The van der Waals surface area contributed by atoms with Gasteiger partial charge in [0.15, 0.2) is 31.3 Å². The van der Waals surface area contributed by atoms with E-state index in [1.807, 2.05) is 0 Å². The van der Waals surface area contributed by atoms with Crippen LogP contribution < -0.4 is 13.9 Å². The number of rotatable bonds is 16. The zero-order chi connectivity index (χ0) is 30.6. The minimum atomic E-state index is 0.111. The van der Waals surface area contributed by atoms with Gasteiger partial charge >= 0.3 is 0 Å². The summed E-state index contributed by atoms with van der Waals surface area (Å²) in [6.07, 6.45) is 20.4. The Bertz CT molecular complexity index is 1140. The molecule has 0 aliphatic heterocycles. The molecular formula is C39H60N2O+2. The molecular weight excluding hydrogens is 512 g/mol. The van der Waals surface area contributed by atoms with Crippen molar-refractivity contribution in [2.45, 2.75) is 137 Å². The van der Waals surface area contributed by atoms with E-state index in [0.717, 1.165) is 50.6 Å². The monoisotopic (exact) mass is 572 g/mol. The molecule has 230 valence electrons. The first kappa shape index (κ1) is 33.8. The molecule has 0 fully saturated rings. The molecule has 42 heavy (non-hydrogen) atoms. The van der Waals surface area contributed by atoms with Gasteiger partial charge in [0.25, 0.3) is 0 Å². The second kappa shape index (κ2) is 16.2. The van der Waals surface area contributed by atoms with Crippen LogP contribution in [-0.2, 0) is 23.9 Å². The Balaban J connectivity index is 1.44. The predicted octanol–water partition coefficient (Wildman–Crippen LogP) is 9.77. The van der Waals surface area contributed by atoms with Crippen LogP contribution in [0.3, 0.4) is 0 Å². The minimum absolute atomic E-state index is 0.111. The van der Waals surface area contributed by atoms with Crippen molar-refractivity contribution in [2.24, 2.45) is 5.92 Å². The highest BCUT2D eigenvalue weighted by atomic mass is 16.5. The predicted molar refractivity (Wildman–Crippen MR) is 178 cm³/mol. The Labute approximate surface area is 258 Å². The maximum Gasteiger partial charge on any atom is 0.169 e. The van der Waals surface area contributed by atoms with Gasteiger partial charge in [0, 0.05) is 36.6 Å². The number of unbranched alkanes of at least 4 members (excludes halogenated alkanes) is 4. The van der Waals surface area contributed by atoms with E-state index in [1.165, 1.54) is 60.8 Å². The lowest BCUT2D eigenvalue weighted by Crippen LogP contribution is -2.36. The summed E-state index contributed by atoms with van der Waals surface area (Å²) in [4.78, 5) is 0. The van der Waals surface area contributed by atoms with Crippen molar-refractivity contribution in [3.63, 3.8) is 0 Å².